The number of nitrogens with one attached hydrogen (secondary N) is 2. The zero-order valence-electron chi connectivity index (χ0n) is 12.0. The summed E-state index contributed by atoms with van der Waals surface area (Å²) in [5, 5.41) is 16.2. The lowest BCUT2D eigenvalue weighted by molar-refractivity contribution is 0.0942. The van der Waals surface area contributed by atoms with Crippen LogP contribution in [0.5, 0.6) is 0 Å². The van der Waals surface area contributed by atoms with Crippen molar-refractivity contribution in [2.24, 2.45) is 11.8 Å². The summed E-state index contributed by atoms with van der Waals surface area (Å²) in [5.74, 6) is 0.830. The van der Waals surface area contributed by atoms with E-state index in [2.05, 4.69) is 15.6 Å². The Morgan fingerprint density at radius 3 is 2.81 bits per heavy atom. The Hall–Kier alpha value is -1.34. The van der Waals surface area contributed by atoms with E-state index in [4.69, 9.17) is 5.73 Å². The number of nitrogen functional groups attached to an aromatic ring is 1. The van der Waals surface area contributed by atoms with Crippen LogP contribution in [-0.2, 0) is 0 Å². The molecule has 1 amide bonds. The number of rotatable bonds is 6. The van der Waals surface area contributed by atoms with Crippen molar-refractivity contribution in [3.63, 3.8) is 0 Å². The minimum absolute atomic E-state index is 0.155. The van der Waals surface area contributed by atoms with Gasteiger partial charge in [0.2, 0.25) is 0 Å². The number of hydrogen-bond donors (Lipinski definition) is 4. The first-order valence-electron chi connectivity index (χ1n) is 7.59. The summed E-state index contributed by atoms with van der Waals surface area (Å²) in [6.07, 6.45) is 5.56. The van der Waals surface area contributed by atoms with Gasteiger partial charge in [0.1, 0.15) is 10.7 Å². The molecule has 0 aliphatic heterocycles. The van der Waals surface area contributed by atoms with E-state index < -0.39 is 0 Å². The molecule has 2 aliphatic rings. The van der Waals surface area contributed by atoms with Crippen LogP contribution >= 0.6 is 11.3 Å². The van der Waals surface area contributed by atoms with E-state index >= 15 is 0 Å². The molecule has 21 heavy (non-hydrogen) atoms. The molecular formula is C14H22N4O2S. The SMILES string of the molecule is Nc1nc(NC2CC2)sc1C(=O)NCC1CCCC1CO. The van der Waals surface area contributed by atoms with Crippen LogP contribution in [0.2, 0.25) is 0 Å². The zero-order chi connectivity index (χ0) is 14.8. The summed E-state index contributed by atoms with van der Waals surface area (Å²) in [6, 6.07) is 0.496. The Labute approximate surface area is 128 Å². The molecule has 1 aromatic heterocycles. The molecule has 0 saturated heterocycles. The number of aliphatic hydroxyl groups excluding tert-OH is 1. The first-order valence-corrected chi connectivity index (χ1v) is 8.41. The number of anilines is 2. The minimum atomic E-state index is -0.155. The van der Waals surface area contributed by atoms with Gasteiger partial charge in [-0.25, -0.2) is 4.98 Å². The van der Waals surface area contributed by atoms with E-state index in [0.717, 1.165) is 37.2 Å². The number of carbonyl (C=O) groups excluding carboxylic acids is 1. The second-order valence-corrected chi connectivity index (χ2v) is 6.99. The Kier molecular flexibility index (Phi) is 4.30. The van der Waals surface area contributed by atoms with Crippen molar-refractivity contribution in [2.45, 2.75) is 38.1 Å². The molecule has 1 heterocycles. The maximum absolute atomic E-state index is 12.2. The smallest absolute Gasteiger partial charge is 0.265 e. The predicted molar refractivity (Wildman–Crippen MR) is 83.4 cm³/mol. The lowest BCUT2D eigenvalue weighted by Gasteiger charge is -2.17. The maximum Gasteiger partial charge on any atom is 0.265 e. The van der Waals surface area contributed by atoms with Gasteiger partial charge < -0.3 is 21.5 Å². The molecule has 2 saturated carbocycles. The van der Waals surface area contributed by atoms with E-state index in [0.29, 0.717) is 35.1 Å². The van der Waals surface area contributed by atoms with Crippen molar-refractivity contribution in [1.29, 1.82) is 0 Å². The first-order chi connectivity index (χ1) is 10.2. The Balaban J connectivity index is 1.55. The maximum atomic E-state index is 12.2. The predicted octanol–water partition coefficient (Wildman–Crippen LogP) is 1.44. The Morgan fingerprint density at radius 1 is 1.33 bits per heavy atom. The number of hydrogen-bond acceptors (Lipinski definition) is 6. The van der Waals surface area contributed by atoms with Gasteiger partial charge in [0.05, 0.1) is 0 Å². The Bertz CT molecular complexity index is 515. The molecule has 7 heteroatoms. The van der Waals surface area contributed by atoms with Gasteiger partial charge in [-0.05, 0) is 37.5 Å². The topological polar surface area (TPSA) is 100 Å². The van der Waals surface area contributed by atoms with Crippen LogP contribution in [0.3, 0.4) is 0 Å². The van der Waals surface area contributed by atoms with Crippen LogP contribution in [0, 0.1) is 11.8 Å². The second kappa shape index (κ2) is 6.19. The molecule has 5 N–H and O–H groups in total. The molecule has 116 valence electrons. The summed E-state index contributed by atoms with van der Waals surface area (Å²) >= 11 is 1.32. The lowest BCUT2D eigenvalue weighted by Crippen LogP contribution is -2.31. The van der Waals surface area contributed by atoms with E-state index in [1.165, 1.54) is 11.3 Å². The minimum Gasteiger partial charge on any atom is -0.396 e. The first kappa shape index (κ1) is 14.6. The van der Waals surface area contributed by atoms with E-state index in [9.17, 15) is 9.90 Å². The molecule has 1 aromatic rings. The summed E-state index contributed by atoms with van der Waals surface area (Å²) in [5.41, 5.74) is 5.83. The zero-order valence-corrected chi connectivity index (χ0v) is 12.8. The molecule has 0 spiro atoms. The summed E-state index contributed by atoms with van der Waals surface area (Å²) in [6.45, 7) is 0.811. The van der Waals surface area contributed by atoms with Crippen molar-refractivity contribution in [3.05, 3.63) is 4.88 Å². The van der Waals surface area contributed by atoms with Gasteiger partial charge in [0.15, 0.2) is 5.13 Å². The van der Waals surface area contributed by atoms with E-state index in [1.807, 2.05) is 0 Å². The third-order valence-corrected chi connectivity index (χ3v) is 5.34. The van der Waals surface area contributed by atoms with Gasteiger partial charge in [-0.1, -0.05) is 17.8 Å². The largest absolute Gasteiger partial charge is 0.396 e. The van der Waals surface area contributed by atoms with Gasteiger partial charge in [-0.15, -0.1) is 0 Å². The van der Waals surface area contributed by atoms with Crippen molar-refractivity contribution in [2.75, 3.05) is 24.2 Å². The molecule has 0 radical (unpaired) electrons. The van der Waals surface area contributed by atoms with Crippen LogP contribution in [-0.4, -0.2) is 35.2 Å². The quantitative estimate of drug-likeness (QED) is 0.637. The molecule has 3 rings (SSSR count). The standard InChI is InChI=1S/C14H22N4O2S/c15-12-11(21-14(18-12)17-10-4-5-10)13(20)16-6-8-2-1-3-9(8)7-19/h8-10,19H,1-7,15H2,(H,16,20)(H,17,18). The number of aliphatic hydroxyl groups is 1. The number of thiazole rings is 1. The van der Waals surface area contributed by atoms with Gasteiger partial charge >= 0.3 is 0 Å². The van der Waals surface area contributed by atoms with Crippen molar-refractivity contribution in [1.82, 2.24) is 10.3 Å². The number of aromatic nitrogens is 1. The molecule has 2 atom stereocenters. The molecular weight excluding hydrogens is 288 g/mol. The summed E-state index contributed by atoms with van der Waals surface area (Å²) in [4.78, 5) is 16.9. The normalized spacial score (nSPS) is 25.0. The lowest BCUT2D eigenvalue weighted by atomic mass is 9.97. The summed E-state index contributed by atoms with van der Waals surface area (Å²) < 4.78 is 0. The molecule has 0 aromatic carbocycles. The van der Waals surface area contributed by atoms with Crippen LogP contribution in [0.1, 0.15) is 41.8 Å². The molecule has 6 nitrogen and oxygen atoms in total. The highest BCUT2D eigenvalue weighted by molar-refractivity contribution is 7.18. The second-order valence-electron chi connectivity index (χ2n) is 6.00. The third-order valence-electron chi connectivity index (χ3n) is 4.34. The fraction of sp³-hybridized carbons (Fsp3) is 0.714. The number of nitrogens with two attached hydrogens (primary N) is 1. The third kappa shape index (κ3) is 3.47. The summed E-state index contributed by atoms with van der Waals surface area (Å²) in [7, 11) is 0. The van der Waals surface area contributed by atoms with Crippen molar-refractivity contribution >= 4 is 28.2 Å². The van der Waals surface area contributed by atoms with Crippen LogP contribution in [0.25, 0.3) is 0 Å². The molecule has 2 unspecified atom stereocenters. The average molecular weight is 310 g/mol. The van der Waals surface area contributed by atoms with E-state index in [-0.39, 0.29) is 12.5 Å². The molecule has 2 aliphatic carbocycles. The fourth-order valence-corrected chi connectivity index (χ4v) is 3.76. The van der Waals surface area contributed by atoms with Crippen LogP contribution < -0.4 is 16.4 Å². The number of carbonyl (C=O) groups is 1. The van der Waals surface area contributed by atoms with Gasteiger partial charge in [0, 0.05) is 19.2 Å². The fourth-order valence-electron chi connectivity index (χ4n) is 2.89. The van der Waals surface area contributed by atoms with Crippen LogP contribution in [0.15, 0.2) is 0 Å². The highest BCUT2D eigenvalue weighted by atomic mass is 32.1. The van der Waals surface area contributed by atoms with Crippen molar-refractivity contribution in [3.8, 4) is 0 Å². The highest BCUT2D eigenvalue weighted by Crippen LogP contribution is 2.32. The monoisotopic (exact) mass is 310 g/mol. The Morgan fingerprint density at radius 2 is 2.10 bits per heavy atom. The van der Waals surface area contributed by atoms with Gasteiger partial charge in [-0.2, -0.15) is 0 Å². The van der Waals surface area contributed by atoms with Crippen LogP contribution in [0.4, 0.5) is 10.9 Å². The van der Waals surface area contributed by atoms with Gasteiger partial charge in [0.25, 0.3) is 5.91 Å². The van der Waals surface area contributed by atoms with Crippen molar-refractivity contribution < 1.29 is 9.90 Å². The van der Waals surface area contributed by atoms with E-state index in [1.54, 1.807) is 0 Å². The number of amides is 1. The molecule has 0 bridgehead atoms. The number of nitrogens with zero attached hydrogens (tertiary/aromatic N) is 1. The highest BCUT2D eigenvalue weighted by Gasteiger charge is 2.28. The average Bonchev–Trinajstić information content (AvgIpc) is 3.03. The molecule has 2 fully saturated rings. The van der Waals surface area contributed by atoms with Gasteiger partial charge in [-0.3, -0.25) is 4.79 Å².